The summed E-state index contributed by atoms with van der Waals surface area (Å²) in [6.45, 7) is 2.15. The van der Waals surface area contributed by atoms with E-state index in [9.17, 15) is 0 Å². The van der Waals surface area contributed by atoms with E-state index in [1.807, 2.05) is 12.1 Å². The maximum Gasteiger partial charge on any atom is 0.118 e. The van der Waals surface area contributed by atoms with Gasteiger partial charge in [0.2, 0.25) is 0 Å². The Labute approximate surface area is 115 Å². The van der Waals surface area contributed by atoms with Crippen molar-refractivity contribution in [3.05, 3.63) is 29.8 Å². The van der Waals surface area contributed by atoms with Gasteiger partial charge in [-0.25, -0.2) is 0 Å². The van der Waals surface area contributed by atoms with Crippen LogP contribution in [0.3, 0.4) is 0 Å². The maximum absolute atomic E-state index is 5.62. The number of hydrogen-bond acceptors (Lipinski definition) is 2. The van der Waals surface area contributed by atoms with Crippen molar-refractivity contribution >= 4 is 0 Å². The van der Waals surface area contributed by atoms with Gasteiger partial charge in [0.05, 0.1) is 19.2 Å². The molecule has 98 valence electrons. The van der Waals surface area contributed by atoms with Crippen LogP contribution < -0.4 is 4.74 Å². The van der Waals surface area contributed by atoms with E-state index in [2.05, 4.69) is 35.8 Å². The van der Waals surface area contributed by atoms with Gasteiger partial charge in [-0.2, -0.15) is 0 Å². The summed E-state index contributed by atoms with van der Waals surface area (Å²) in [6.07, 6.45) is 13.2. The molecule has 1 aromatic rings. The molecular formula is C17H19NO. The van der Waals surface area contributed by atoms with E-state index < -0.39 is 0 Å². The summed E-state index contributed by atoms with van der Waals surface area (Å²) >= 11 is 0. The first kappa shape index (κ1) is 13.5. The fourth-order valence-corrected chi connectivity index (χ4v) is 2.76. The third-order valence-electron chi connectivity index (χ3n) is 3.86. The predicted molar refractivity (Wildman–Crippen MR) is 77.7 cm³/mol. The molecule has 0 unspecified atom stereocenters. The minimum absolute atomic E-state index is 0.137. The summed E-state index contributed by atoms with van der Waals surface area (Å²) in [6, 6.07) is 8.58. The van der Waals surface area contributed by atoms with Crippen molar-refractivity contribution in [1.29, 1.82) is 0 Å². The lowest BCUT2D eigenvalue weighted by Gasteiger charge is -2.31. The Morgan fingerprint density at radius 2 is 1.68 bits per heavy atom. The van der Waals surface area contributed by atoms with Crippen molar-refractivity contribution in [2.75, 3.05) is 7.11 Å². The van der Waals surface area contributed by atoms with Crippen molar-refractivity contribution < 1.29 is 4.74 Å². The first-order valence-corrected chi connectivity index (χ1v) is 6.55. The van der Waals surface area contributed by atoms with Gasteiger partial charge in [-0.1, -0.05) is 24.0 Å². The highest BCUT2D eigenvalue weighted by Gasteiger charge is 2.34. The van der Waals surface area contributed by atoms with Gasteiger partial charge in [-0.3, -0.25) is 4.90 Å². The van der Waals surface area contributed by atoms with Crippen LogP contribution in [0.15, 0.2) is 24.3 Å². The number of likely N-dealkylation sites (tertiary alicyclic amines) is 1. The highest BCUT2D eigenvalue weighted by atomic mass is 16.5. The molecule has 0 radical (unpaired) electrons. The van der Waals surface area contributed by atoms with E-state index in [4.69, 9.17) is 17.6 Å². The minimum Gasteiger partial charge on any atom is -0.497 e. The number of nitrogens with zero attached hydrogens (tertiary/aromatic N) is 1. The third kappa shape index (κ3) is 2.60. The van der Waals surface area contributed by atoms with Crippen molar-refractivity contribution in [2.24, 2.45) is 0 Å². The topological polar surface area (TPSA) is 12.5 Å². The van der Waals surface area contributed by atoms with E-state index in [0.717, 1.165) is 18.6 Å². The molecule has 19 heavy (non-hydrogen) atoms. The highest BCUT2D eigenvalue weighted by molar-refractivity contribution is 5.30. The normalized spacial score (nSPS) is 24.4. The molecule has 1 aliphatic heterocycles. The average Bonchev–Trinajstić information content (AvgIpc) is 2.89. The van der Waals surface area contributed by atoms with Crippen LogP contribution in [-0.2, 0) is 0 Å². The van der Waals surface area contributed by atoms with Crippen molar-refractivity contribution in [3.8, 4) is 30.4 Å². The number of terminal acetylenes is 2. The van der Waals surface area contributed by atoms with Crippen LogP contribution in [0.2, 0.25) is 0 Å². The molecule has 0 bridgehead atoms. The Morgan fingerprint density at radius 1 is 1.16 bits per heavy atom. The van der Waals surface area contributed by atoms with Gasteiger partial charge in [0.25, 0.3) is 0 Å². The van der Waals surface area contributed by atoms with E-state index in [0.29, 0.717) is 0 Å². The van der Waals surface area contributed by atoms with Gasteiger partial charge < -0.3 is 4.74 Å². The third-order valence-corrected chi connectivity index (χ3v) is 3.86. The van der Waals surface area contributed by atoms with Crippen molar-refractivity contribution in [2.45, 2.75) is 37.9 Å². The average molecular weight is 253 g/mol. The van der Waals surface area contributed by atoms with E-state index >= 15 is 0 Å². The summed E-state index contributed by atoms with van der Waals surface area (Å²) in [5, 5.41) is 0. The molecule has 3 atom stereocenters. The van der Waals surface area contributed by atoms with E-state index in [1.54, 1.807) is 7.11 Å². The summed E-state index contributed by atoms with van der Waals surface area (Å²) in [7, 11) is 1.67. The fourth-order valence-electron chi connectivity index (χ4n) is 2.76. The number of methoxy groups -OCH3 is 1. The summed E-state index contributed by atoms with van der Waals surface area (Å²) in [5.74, 6) is 6.57. The maximum atomic E-state index is 5.62. The van der Waals surface area contributed by atoms with Gasteiger partial charge in [-0.05, 0) is 37.5 Å². The number of benzene rings is 1. The second-order valence-corrected chi connectivity index (χ2v) is 4.84. The van der Waals surface area contributed by atoms with Crippen LogP contribution >= 0.6 is 0 Å². The van der Waals surface area contributed by atoms with Gasteiger partial charge in [-0.15, -0.1) is 12.8 Å². The standard InChI is InChI=1S/C17H19NO/c1-5-15-9-10-16(6-2)18(15)13(3)14-7-11-17(19-4)12-8-14/h1-2,7-8,11-13,15-16H,9-10H2,3-4H3/t13-,15-,16+/m1/s1. The second kappa shape index (κ2) is 5.83. The highest BCUT2D eigenvalue weighted by Crippen LogP contribution is 2.33. The second-order valence-electron chi connectivity index (χ2n) is 4.84. The molecule has 0 aromatic heterocycles. The van der Waals surface area contributed by atoms with Crippen molar-refractivity contribution in [3.63, 3.8) is 0 Å². The lowest BCUT2D eigenvalue weighted by atomic mass is 10.0. The van der Waals surface area contributed by atoms with Crippen LogP contribution in [0.5, 0.6) is 5.75 Å². The van der Waals surface area contributed by atoms with Crippen LogP contribution in [0, 0.1) is 24.7 Å². The molecule has 2 rings (SSSR count). The monoisotopic (exact) mass is 253 g/mol. The van der Waals surface area contributed by atoms with Crippen LogP contribution in [0.1, 0.15) is 31.4 Å². The Balaban J connectivity index is 2.23. The van der Waals surface area contributed by atoms with Gasteiger partial charge in [0, 0.05) is 6.04 Å². The molecule has 1 heterocycles. The van der Waals surface area contributed by atoms with Gasteiger partial charge >= 0.3 is 0 Å². The Bertz CT molecular complexity index is 484. The lowest BCUT2D eigenvalue weighted by Crippen LogP contribution is -2.36. The smallest absolute Gasteiger partial charge is 0.118 e. The predicted octanol–water partition coefficient (Wildman–Crippen LogP) is 2.86. The molecule has 0 saturated carbocycles. The van der Waals surface area contributed by atoms with Gasteiger partial charge in [0.15, 0.2) is 0 Å². The number of hydrogen-bond donors (Lipinski definition) is 0. The number of rotatable bonds is 3. The van der Waals surface area contributed by atoms with E-state index in [-0.39, 0.29) is 18.1 Å². The van der Waals surface area contributed by atoms with Crippen LogP contribution in [0.25, 0.3) is 0 Å². The molecule has 0 spiro atoms. The Morgan fingerprint density at radius 3 is 2.11 bits per heavy atom. The van der Waals surface area contributed by atoms with Gasteiger partial charge in [0.1, 0.15) is 5.75 Å². The fraction of sp³-hybridized carbons (Fsp3) is 0.412. The molecule has 1 fully saturated rings. The summed E-state index contributed by atoms with van der Waals surface area (Å²) in [5.41, 5.74) is 1.21. The quantitative estimate of drug-likeness (QED) is 0.768. The lowest BCUT2D eigenvalue weighted by molar-refractivity contribution is 0.195. The number of ether oxygens (including phenoxy) is 1. The molecule has 2 heteroatoms. The van der Waals surface area contributed by atoms with E-state index in [1.165, 1.54) is 5.56 Å². The van der Waals surface area contributed by atoms with Crippen molar-refractivity contribution in [1.82, 2.24) is 4.90 Å². The molecule has 2 nitrogen and oxygen atoms in total. The molecule has 0 N–H and O–H groups in total. The van der Waals surface area contributed by atoms with Crippen LogP contribution in [-0.4, -0.2) is 24.1 Å². The molecule has 1 saturated heterocycles. The molecule has 1 aliphatic rings. The first-order valence-electron chi connectivity index (χ1n) is 6.55. The minimum atomic E-state index is 0.137. The first-order chi connectivity index (χ1) is 9.21. The molecular weight excluding hydrogens is 234 g/mol. The summed E-state index contributed by atoms with van der Waals surface area (Å²) in [4.78, 5) is 2.27. The SMILES string of the molecule is C#C[C@@H]1CC[C@H](C#C)N1[C@H](C)c1ccc(OC)cc1. The molecule has 0 aliphatic carbocycles. The molecule has 1 aromatic carbocycles. The zero-order valence-electron chi connectivity index (χ0n) is 11.5. The Kier molecular flexibility index (Phi) is 4.15. The zero-order chi connectivity index (χ0) is 13.8. The zero-order valence-corrected chi connectivity index (χ0v) is 11.5. The van der Waals surface area contributed by atoms with Crippen LogP contribution in [0.4, 0.5) is 0 Å². The largest absolute Gasteiger partial charge is 0.497 e. The Hall–Kier alpha value is -1.90. The molecule has 0 amide bonds. The summed E-state index contributed by atoms with van der Waals surface area (Å²) < 4.78 is 5.18.